The van der Waals surface area contributed by atoms with Crippen LogP contribution < -0.4 is 10.2 Å². The third-order valence-electron chi connectivity index (χ3n) is 6.95. The van der Waals surface area contributed by atoms with Crippen LogP contribution in [0.25, 0.3) is 11.1 Å². The lowest BCUT2D eigenvalue weighted by Gasteiger charge is -2.23. The van der Waals surface area contributed by atoms with Crippen LogP contribution in [0.4, 0.5) is 25.6 Å². The first-order valence-corrected chi connectivity index (χ1v) is 14.1. The lowest BCUT2D eigenvalue weighted by atomic mass is 10.1. The molecule has 41 heavy (non-hydrogen) atoms. The van der Waals surface area contributed by atoms with Gasteiger partial charge in [0, 0.05) is 29.7 Å². The van der Waals surface area contributed by atoms with Gasteiger partial charge in [-0.15, -0.1) is 11.3 Å². The van der Waals surface area contributed by atoms with Crippen molar-refractivity contribution in [2.75, 3.05) is 37.1 Å². The van der Waals surface area contributed by atoms with E-state index in [0.717, 1.165) is 35.0 Å². The average Bonchev–Trinajstić information content (AvgIpc) is 3.71. The monoisotopic (exact) mass is 584 g/mol. The highest BCUT2D eigenvalue weighted by Gasteiger charge is 2.27. The number of ketones is 1. The van der Waals surface area contributed by atoms with E-state index in [1.807, 2.05) is 0 Å². The van der Waals surface area contributed by atoms with Crippen LogP contribution in [0, 0.1) is 18.6 Å². The minimum atomic E-state index is -0.666. The summed E-state index contributed by atoms with van der Waals surface area (Å²) in [6.07, 6.45) is 4.41. The number of hydrogen-bond acceptors (Lipinski definition) is 10. The number of anilines is 3. The lowest BCUT2D eigenvalue weighted by Crippen LogP contribution is -2.33. The normalized spacial score (nSPS) is 15.0. The number of rotatable bonds is 12. The van der Waals surface area contributed by atoms with Gasteiger partial charge in [-0.1, -0.05) is 12.1 Å². The molecule has 0 radical (unpaired) electrons. The molecule has 1 aliphatic heterocycles. The summed E-state index contributed by atoms with van der Waals surface area (Å²) in [4.78, 5) is 36.0. The van der Waals surface area contributed by atoms with Crippen LogP contribution in [-0.4, -0.2) is 54.6 Å². The summed E-state index contributed by atoms with van der Waals surface area (Å²) >= 11 is 1.54. The summed E-state index contributed by atoms with van der Waals surface area (Å²) in [6.45, 7) is 2.84. The summed E-state index contributed by atoms with van der Waals surface area (Å²) in [5.74, 6) is -1.61. The van der Waals surface area contributed by atoms with Gasteiger partial charge in [0.05, 0.1) is 26.2 Å². The first-order chi connectivity index (χ1) is 19.8. The fraction of sp³-hybridized carbons (Fsp3) is 0.379. The Morgan fingerprint density at radius 1 is 1.24 bits per heavy atom. The minimum absolute atomic E-state index is 0.0244. The number of methoxy groups -OCH3 is 1. The molecule has 1 N–H and O–H groups in total. The predicted octanol–water partition coefficient (Wildman–Crippen LogP) is 5.52. The van der Waals surface area contributed by atoms with Crippen molar-refractivity contribution < 1.29 is 32.3 Å². The van der Waals surface area contributed by atoms with Gasteiger partial charge in [0.1, 0.15) is 17.9 Å². The van der Waals surface area contributed by atoms with Crippen LogP contribution in [0.3, 0.4) is 0 Å². The Balaban J connectivity index is 1.14. The van der Waals surface area contributed by atoms with Crippen molar-refractivity contribution in [2.45, 2.75) is 45.1 Å². The molecule has 12 heteroatoms. The number of aryl methyl sites for hydroxylation is 2. The largest absolute Gasteiger partial charge is 0.469 e. The maximum atomic E-state index is 15.2. The third kappa shape index (κ3) is 6.88. The zero-order chi connectivity index (χ0) is 28.9. The smallest absolute Gasteiger partial charge is 0.305 e. The Bertz CT molecular complexity index is 1560. The number of nitrogens with zero attached hydrogens (tertiary/aromatic N) is 3. The number of aromatic nitrogens is 2. The second-order valence-electron chi connectivity index (χ2n) is 9.90. The summed E-state index contributed by atoms with van der Waals surface area (Å²) in [5, 5.41) is 3.74. The molecule has 0 amide bonds. The Morgan fingerprint density at radius 2 is 2.10 bits per heavy atom. The number of halogens is 2. The highest BCUT2D eigenvalue weighted by Crippen LogP contribution is 2.31. The lowest BCUT2D eigenvalue weighted by molar-refractivity contribution is -0.140. The SMILES string of the molecule is COC(=O)CCc1cnc(N2CCCC2COCC(=O)Cc2ccc3nc(Nc4cc(F)ccc4C)oc3c2F)s1. The first kappa shape index (κ1) is 28.6. The number of carbonyl (C=O) groups excluding carboxylic acids is 2. The Labute approximate surface area is 239 Å². The molecule has 1 fully saturated rings. The Kier molecular flexibility index (Phi) is 8.89. The molecule has 1 saturated heterocycles. The van der Waals surface area contributed by atoms with Gasteiger partial charge in [0.15, 0.2) is 22.3 Å². The Hall–Kier alpha value is -3.90. The average molecular weight is 585 g/mol. The molecule has 5 rings (SSSR count). The molecule has 0 spiro atoms. The minimum Gasteiger partial charge on any atom is -0.469 e. The number of Topliss-reactive ketones (excluding diaryl/α,β-unsaturated/α-hetero) is 1. The fourth-order valence-electron chi connectivity index (χ4n) is 4.74. The van der Waals surface area contributed by atoms with Gasteiger partial charge in [0.25, 0.3) is 6.01 Å². The molecule has 0 aliphatic carbocycles. The maximum Gasteiger partial charge on any atom is 0.305 e. The molecule has 1 unspecified atom stereocenters. The Morgan fingerprint density at radius 3 is 2.93 bits per heavy atom. The van der Waals surface area contributed by atoms with Gasteiger partial charge in [-0.05, 0) is 55.5 Å². The van der Waals surface area contributed by atoms with Crippen molar-refractivity contribution in [3.05, 3.63) is 64.2 Å². The van der Waals surface area contributed by atoms with Crippen LogP contribution in [-0.2, 0) is 31.9 Å². The van der Waals surface area contributed by atoms with Crippen LogP contribution in [0.5, 0.6) is 0 Å². The summed E-state index contributed by atoms with van der Waals surface area (Å²) < 4.78 is 44.8. The molecule has 2 aromatic carbocycles. The van der Waals surface area contributed by atoms with E-state index in [-0.39, 0.29) is 53.5 Å². The zero-order valence-electron chi connectivity index (χ0n) is 22.7. The molecular weight excluding hydrogens is 554 g/mol. The molecule has 3 heterocycles. The van der Waals surface area contributed by atoms with Crippen molar-refractivity contribution in [3.63, 3.8) is 0 Å². The van der Waals surface area contributed by atoms with Crippen molar-refractivity contribution in [2.24, 2.45) is 0 Å². The molecule has 1 atom stereocenters. The highest BCUT2D eigenvalue weighted by molar-refractivity contribution is 7.15. The molecule has 216 valence electrons. The van der Waals surface area contributed by atoms with E-state index >= 15 is 4.39 Å². The second kappa shape index (κ2) is 12.7. The van der Waals surface area contributed by atoms with E-state index in [1.54, 1.807) is 36.6 Å². The van der Waals surface area contributed by atoms with Crippen LogP contribution in [0.1, 0.15) is 35.3 Å². The standard InChI is InChI=1S/C29H30F2N4O5S/c1-17-5-7-19(30)13-24(17)34-28-33-23-9-6-18(26(31)27(23)40-28)12-21(36)16-39-15-20-4-3-11-35(20)29-32-14-22(41-29)8-10-25(37)38-2/h5-7,9,13-14,20H,3-4,8,10-12,15-16H2,1-2H3,(H,33,34). The zero-order valence-corrected chi connectivity index (χ0v) is 23.6. The van der Waals surface area contributed by atoms with E-state index in [9.17, 15) is 14.0 Å². The van der Waals surface area contributed by atoms with Crippen molar-refractivity contribution in [1.29, 1.82) is 0 Å². The van der Waals surface area contributed by atoms with Crippen molar-refractivity contribution >= 4 is 51.0 Å². The van der Waals surface area contributed by atoms with E-state index < -0.39 is 11.6 Å². The van der Waals surface area contributed by atoms with Crippen LogP contribution >= 0.6 is 11.3 Å². The number of fused-ring (bicyclic) bond motifs is 1. The number of thiazole rings is 1. The van der Waals surface area contributed by atoms with Gasteiger partial charge in [0.2, 0.25) is 0 Å². The van der Waals surface area contributed by atoms with E-state index in [4.69, 9.17) is 13.9 Å². The van der Waals surface area contributed by atoms with Gasteiger partial charge in [-0.2, -0.15) is 4.98 Å². The van der Waals surface area contributed by atoms with Gasteiger partial charge < -0.3 is 24.1 Å². The number of esters is 1. The molecule has 0 saturated carbocycles. The molecule has 1 aliphatic rings. The van der Waals surface area contributed by atoms with Crippen molar-refractivity contribution in [3.8, 4) is 0 Å². The fourth-order valence-corrected chi connectivity index (χ4v) is 5.75. The van der Waals surface area contributed by atoms with E-state index in [0.29, 0.717) is 25.1 Å². The molecule has 2 aromatic heterocycles. The predicted molar refractivity (Wildman–Crippen MR) is 151 cm³/mol. The van der Waals surface area contributed by atoms with Gasteiger partial charge in [-0.25, -0.2) is 13.8 Å². The molecule has 0 bridgehead atoms. The number of oxazole rings is 1. The number of carbonyl (C=O) groups is 2. The number of ether oxygens (including phenoxy) is 2. The summed E-state index contributed by atoms with van der Waals surface area (Å²) in [5.41, 5.74) is 1.61. The third-order valence-corrected chi connectivity index (χ3v) is 8.04. The topological polar surface area (TPSA) is 107 Å². The first-order valence-electron chi connectivity index (χ1n) is 13.3. The second-order valence-corrected chi connectivity index (χ2v) is 11.0. The van der Waals surface area contributed by atoms with Crippen LogP contribution in [0.2, 0.25) is 0 Å². The van der Waals surface area contributed by atoms with E-state index in [2.05, 4.69) is 20.2 Å². The van der Waals surface area contributed by atoms with Gasteiger partial charge in [-0.3, -0.25) is 9.59 Å². The number of hydrogen-bond donors (Lipinski definition) is 1. The highest BCUT2D eigenvalue weighted by atomic mass is 32.1. The summed E-state index contributed by atoms with van der Waals surface area (Å²) in [6, 6.07) is 7.45. The quantitative estimate of drug-likeness (QED) is 0.216. The number of nitrogens with one attached hydrogen (secondary N) is 1. The van der Waals surface area contributed by atoms with Crippen LogP contribution in [0.15, 0.2) is 40.9 Å². The van der Waals surface area contributed by atoms with Gasteiger partial charge >= 0.3 is 5.97 Å². The molecule has 9 nitrogen and oxygen atoms in total. The van der Waals surface area contributed by atoms with Crippen molar-refractivity contribution in [1.82, 2.24) is 9.97 Å². The maximum absolute atomic E-state index is 15.2. The number of benzene rings is 2. The summed E-state index contributed by atoms with van der Waals surface area (Å²) in [7, 11) is 1.37. The van der Waals surface area contributed by atoms with E-state index in [1.165, 1.54) is 25.3 Å². The molecular formula is C29H30F2N4O5S. The molecule has 4 aromatic rings.